The second kappa shape index (κ2) is 9.18. The lowest BCUT2D eigenvalue weighted by Crippen LogP contribution is -2.51. The summed E-state index contributed by atoms with van der Waals surface area (Å²) in [6.45, 7) is 13.0. The Bertz CT molecular complexity index is 301. The largest absolute Gasteiger partial charge is 0.381 e. The van der Waals surface area contributed by atoms with Crippen LogP contribution in [0.5, 0.6) is 0 Å². The van der Waals surface area contributed by atoms with E-state index in [1.54, 1.807) is 7.11 Å². The summed E-state index contributed by atoms with van der Waals surface area (Å²) in [5.41, 5.74) is 6.10. The monoisotopic (exact) mass is 317 g/mol. The Hall–Kier alpha value is -0.200. The van der Waals surface area contributed by atoms with Crippen molar-refractivity contribution < 1.29 is 18.9 Å². The van der Waals surface area contributed by atoms with Crippen LogP contribution in [0, 0.1) is 11.8 Å². The van der Waals surface area contributed by atoms with Crippen molar-refractivity contribution in [2.45, 2.75) is 84.7 Å². The maximum atomic E-state index is 6.10. The highest BCUT2D eigenvalue weighted by Crippen LogP contribution is 2.26. The van der Waals surface area contributed by atoms with Crippen LogP contribution in [0.2, 0.25) is 0 Å². The van der Waals surface area contributed by atoms with E-state index in [0.29, 0.717) is 12.5 Å². The molecule has 0 aliphatic carbocycles. The number of hydrogen-bond donors (Lipinski definition) is 1. The van der Waals surface area contributed by atoms with Crippen molar-refractivity contribution in [2.75, 3.05) is 13.7 Å². The molecule has 0 amide bonds. The van der Waals surface area contributed by atoms with Gasteiger partial charge in [0.1, 0.15) is 6.23 Å². The summed E-state index contributed by atoms with van der Waals surface area (Å²) in [4.78, 5) is 0. The van der Waals surface area contributed by atoms with E-state index in [0.717, 1.165) is 6.42 Å². The van der Waals surface area contributed by atoms with Crippen LogP contribution in [-0.4, -0.2) is 50.5 Å². The Balaban J connectivity index is 2.62. The van der Waals surface area contributed by atoms with Crippen LogP contribution in [0.1, 0.15) is 48.0 Å². The molecule has 1 rings (SSSR count). The molecule has 132 valence electrons. The van der Waals surface area contributed by atoms with Crippen LogP contribution in [0.15, 0.2) is 0 Å². The molecule has 0 aromatic carbocycles. The molecule has 0 spiro atoms. The fourth-order valence-corrected chi connectivity index (χ4v) is 3.03. The SMILES string of the molecule is COC(C)C(C)C(COC1C(C)CC(C)OC1N)OC(C)C. The first kappa shape index (κ1) is 19.8. The van der Waals surface area contributed by atoms with Gasteiger partial charge in [-0.3, -0.25) is 0 Å². The van der Waals surface area contributed by atoms with Gasteiger partial charge in [-0.15, -0.1) is 0 Å². The van der Waals surface area contributed by atoms with Gasteiger partial charge in [0.15, 0.2) is 0 Å². The van der Waals surface area contributed by atoms with Gasteiger partial charge in [-0.25, -0.2) is 0 Å². The lowest BCUT2D eigenvalue weighted by Gasteiger charge is -2.39. The van der Waals surface area contributed by atoms with E-state index in [2.05, 4.69) is 27.7 Å². The van der Waals surface area contributed by atoms with Crippen molar-refractivity contribution >= 4 is 0 Å². The first-order chi connectivity index (χ1) is 10.3. The van der Waals surface area contributed by atoms with Gasteiger partial charge >= 0.3 is 0 Å². The van der Waals surface area contributed by atoms with Crippen molar-refractivity contribution in [1.82, 2.24) is 0 Å². The molecule has 0 radical (unpaired) electrons. The van der Waals surface area contributed by atoms with Crippen LogP contribution < -0.4 is 5.73 Å². The molecule has 22 heavy (non-hydrogen) atoms. The Morgan fingerprint density at radius 2 is 1.82 bits per heavy atom. The highest BCUT2D eigenvalue weighted by molar-refractivity contribution is 4.81. The van der Waals surface area contributed by atoms with Gasteiger partial charge in [0.25, 0.3) is 0 Å². The topological polar surface area (TPSA) is 62.9 Å². The van der Waals surface area contributed by atoms with Gasteiger partial charge in [-0.05, 0) is 40.0 Å². The molecule has 2 N–H and O–H groups in total. The molecule has 7 unspecified atom stereocenters. The molecule has 1 fully saturated rings. The van der Waals surface area contributed by atoms with Gasteiger partial charge in [-0.1, -0.05) is 13.8 Å². The predicted octanol–water partition coefficient (Wildman–Crippen LogP) is 2.57. The average molecular weight is 317 g/mol. The first-order valence-electron chi connectivity index (χ1n) is 8.47. The fraction of sp³-hybridized carbons (Fsp3) is 1.00. The van der Waals surface area contributed by atoms with Gasteiger partial charge in [0.05, 0.1) is 37.1 Å². The van der Waals surface area contributed by atoms with Crippen LogP contribution in [-0.2, 0) is 18.9 Å². The number of methoxy groups -OCH3 is 1. The Labute approximate surface area is 135 Å². The molecule has 1 aliphatic rings. The van der Waals surface area contributed by atoms with E-state index in [-0.39, 0.29) is 42.7 Å². The van der Waals surface area contributed by atoms with Gasteiger partial charge in [-0.2, -0.15) is 0 Å². The van der Waals surface area contributed by atoms with E-state index in [9.17, 15) is 0 Å². The minimum Gasteiger partial charge on any atom is -0.381 e. The maximum Gasteiger partial charge on any atom is 0.132 e. The molecule has 0 bridgehead atoms. The zero-order valence-corrected chi connectivity index (χ0v) is 15.2. The summed E-state index contributed by atoms with van der Waals surface area (Å²) < 4.78 is 23.3. The van der Waals surface area contributed by atoms with E-state index in [1.807, 2.05) is 13.8 Å². The highest BCUT2D eigenvalue weighted by Gasteiger charge is 2.35. The number of nitrogens with two attached hydrogens (primary N) is 1. The van der Waals surface area contributed by atoms with Crippen molar-refractivity contribution in [1.29, 1.82) is 0 Å². The third kappa shape index (κ3) is 5.78. The fourth-order valence-electron chi connectivity index (χ4n) is 3.03. The Kier molecular flexibility index (Phi) is 8.28. The van der Waals surface area contributed by atoms with E-state index < -0.39 is 0 Å². The zero-order chi connectivity index (χ0) is 16.9. The number of hydrogen-bond acceptors (Lipinski definition) is 5. The van der Waals surface area contributed by atoms with Gasteiger partial charge < -0.3 is 24.7 Å². The molecule has 1 saturated heterocycles. The average Bonchev–Trinajstić information content (AvgIpc) is 2.42. The molecule has 1 heterocycles. The Morgan fingerprint density at radius 3 is 2.32 bits per heavy atom. The second-order valence-corrected chi connectivity index (χ2v) is 6.95. The van der Waals surface area contributed by atoms with Gasteiger partial charge in [0.2, 0.25) is 0 Å². The van der Waals surface area contributed by atoms with E-state index >= 15 is 0 Å². The molecule has 0 aromatic rings. The predicted molar refractivity (Wildman–Crippen MR) is 87.7 cm³/mol. The molecular weight excluding hydrogens is 282 g/mol. The third-order valence-electron chi connectivity index (χ3n) is 4.58. The van der Waals surface area contributed by atoms with Crippen molar-refractivity contribution in [3.05, 3.63) is 0 Å². The lowest BCUT2D eigenvalue weighted by atomic mass is 9.93. The number of ether oxygens (including phenoxy) is 4. The summed E-state index contributed by atoms with van der Waals surface area (Å²) in [7, 11) is 1.73. The maximum absolute atomic E-state index is 6.10. The van der Waals surface area contributed by atoms with Crippen LogP contribution >= 0.6 is 0 Å². The number of rotatable bonds is 8. The summed E-state index contributed by atoms with van der Waals surface area (Å²) in [6, 6.07) is 0. The first-order valence-corrected chi connectivity index (χ1v) is 8.47. The molecule has 5 nitrogen and oxygen atoms in total. The minimum atomic E-state index is -0.367. The quantitative estimate of drug-likeness (QED) is 0.745. The van der Waals surface area contributed by atoms with Crippen molar-refractivity contribution in [2.24, 2.45) is 17.6 Å². The summed E-state index contributed by atoms with van der Waals surface area (Å²) in [5, 5.41) is 0. The van der Waals surface area contributed by atoms with Crippen LogP contribution in [0.4, 0.5) is 0 Å². The molecule has 0 aromatic heterocycles. The molecular formula is C17H35NO4. The lowest BCUT2D eigenvalue weighted by molar-refractivity contribution is -0.179. The van der Waals surface area contributed by atoms with Crippen molar-refractivity contribution in [3.63, 3.8) is 0 Å². The van der Waals surface area contributed by atoms with E-state index in [4.69, 9.17) is 24.7 Å². The summed E-state index contributed by atoms with van der Waals surface area (Å²) in [6.07, 6.45) is 0.953. The zero-order valence-electron chi connectivity index (χ0n) is 15.2. The Morgan fingerprint density at radius 1 is 1.18 bits per heavy atom. The molecule has 0 saturated carbocycles. The molecule has 7 atom stereocenters. The minimum absolute atomic E-state index is 0.0197. The summed E-state index contributed by atoms with van der Waals surface area (Å²) in [5.74, 6) is 0.621. The smallest absolute Gasteiger partial charge is 0.132 e. The highest BCUT2D eigenvalue weighted by atomic mass is 16.6. The van der Waals surface area contributed by atoms with Crippen molar-refractivity contribution in [3.8, 4) is 0 Å². The standard InChI is InChI=1S/C17H35NO4/c1-10(2)21-15(13(5)14(6)19-7)9-20-16-11(3)8-12(4)22-17(16)18/h10-17H,8-9,18H2,1-7H3. The molecule has 1 aliphatic heterocycles. The molecule has 5 heteroatoms. The third-order valence-corrected chi connectivity index (χ3v) is 4.58. The van der Waals surface area contributed by atoms with Crippen LogP contribution in [0.3, 0.4) is 0 Å². The van der Waals surface area contributed by atoms with E-state index in [1.165, 1.54) is 0 Å². The van der Waals surface area contributed by atoms with Crippen LogP contribution in [0.25, 0.3) is 0 Å². The summed E-state index contributed by atoms with van der Waals surface area (Å²) >= 11 is 0. The second-order valence-electron chi connectivity index (χ2n) is 6.95. The normalized spacial score (nSPS) is 33.7. The van der Waals surface area contributed by atoms with Gasteiger partial charge in [0, 0.05) is 13.0 Å².